The molecule has 0 radical (unpaired) electrons. The van der Waals surface area contributed by atoms with Crippen LogP contribution in [0, 0.1) is 11.3 Å². The van der Waals surface area contributed by atoms with Gasteiger partial charge in [-0.15, -0.1) is 0 Å². The summed E-state index contributed by atoms with van der Waals surface area (Å²) in [7, 11) is 0. The predicted molar refractivity (Wildman–Crippen MR) is 66.2 cm³/mol. The molecule has 0 bridgehead atoms. The second-order valence-corrected chi connectivity index (χ2v) is 2.99. The van der Waals surface area contributed by atoms with Crippen molar-refractivity contribution in [2.75, 3.05) is 6.67 Å². The molecule has 5 nitrogen and oxygen atoms in total. The zero-order valence-electron chi connectivity index (χ0n) is 9.14. The number of nitrogens with one attached hydrogen (secondary N) is 2. The van der Waals surface area contributed by atoms with E-state index < -0.39 is 0 Å². The van der Waals surface area contributed by atoms with Gasteiger partial charge >= 0.3 is 0 Å². The predicted octanol–water partition coefficient (Wildman–Crippen LogP) is 1.48. The van der Waals surface area contributed by atoms with Gasteiger partial charge in [0.15, 0.2) is 0 Å². The topological polar surface area (TPSA) is 73.0 Å². The van der Waals surface area contributed by atoms with Crippen LogP contribution in [0.4, 0.5) is 0 Å². The molecule has 0 fully saturated rings. The SMILES string of the molecule is C=N/C=C\C=N/CN/C(=N\C=N)C(C)C. The molecule has 0 saturated carbocycles. The van der Waals surface area contributed by atoms with Crippen molar-refractivity contribution in [2.45, 2.75) is 13.8 Å². The molecular formula is C10H17N5. The molecule has 0 aromatic carbocycles. The van der Waals surface area contributed by atoms with Crippen molar-refractivity contribution in [2.24, 2.45) is 20.9 Å². The fraction of sp³-hybridized carbons (Fsp3) is 0.400. The summed E-state index contributed by atoms with van der Waals surface area (Å²) in [6.07, 6.45) is 5.90. The highest BCUT2D eigenvalue weighted by Gasteiger charge is 2.01. The molecule has 0 aromatic heterocycles. The number of hydrogen-bond acceptors (Lipinski definition) is 3. The molecule has 0 heterocycles. The third-order valence-electron chi connectivity index (χ3n) is 1.48. The minimum atomic E-state index is 0.257. The Balaban J connectivity index is 3.96. The molecule has 2 N–H and O–H groups in total. The van der Waals surface area contributed by atoms with Gasteiger partial charge in [-0.1, -0.05) is 13.8 Å². The van der Waals surface area contributed by atoms with Gasteiger partial charge in [0.05, 0.1) is 0 Å². The zero-order chi connectivity index (χ0) is 11.5. The van der Waals surface area contributed by atoms with E-state index in [-0.39, 0.29) is 5.92 Å². The highest BCUT2D eigenvalue weighted by Crippen LogP contribution is 1.92. The molecule has 0 rings (SSSR count). The molecule has 0 saturated heterocycles. The van der Waals surface area contributed by atoms with Crippen LogP contribution >= 0.6 is 0 Å². The first-order valence-electron chi connectivity index (χ1n) is 4.63. The first kappa shape index (κ1) is 13.2. The second kappa shape index (κ2) is 8.80. The second-order valence-electron chi connectivity index (χ2n) is 2.99. The fourth-order valence-electron chi connectivity index (χ4n) is 0.808. The van der Waals surface area contributed by atoms with E-state index in [2.05, 4.69) is 27.0 Å². The summed E-state index contributed by atoms with van der Waals surface area (Å²) < 4.78 is 0. The average Bonchev–Trinajstić information content (AvgIpc) is 2.21. The van der Waals surface area contributed by atoms with Crippen molar-refractivity contribution < 1.29 is 0 Å². The summed E-state index contributed by atoms with van der Waals surface area (Å²) >= 11 is 0. The molecule has 15 heavy (non-hydrogen) atoms. The molecule has 0 spiro atoms. The summed E-state index contributed by atoms with van der Waals surface area (Å²) in [5.41, 5.74) is 0. The van der Waals surface area contributed by atoms with Gasteiger partial charge in [-0.25, -0.2) is 4.99 Å². The van der Waals surface area contributed by atoms with Crippen molar-refractivity contribution in [3.63, 3.8) is 0 Å². The molecule has 0 aromatic rings. The van der Waals surface area contributed by atoms with E-state index >= 15 is 0 Å². The van der Waals surface area contributed by atoms with Crippen molar-refractivity contribution in [1.82, 2.24) is 5.32 Å². The maximum Gasteiger partial charge on any atom is 0.109 e. The molecular weight excluding hydrogens is 190 g/mol. The lowest BCUT2D eigenvalue weighted by Gasteiger charge is -2.09. The van der Waals surface area contributed by atoms with Crippen molar-refractivity contribution >= 4 is 25.1 Å². The van der Waals surface area contributed by atoms with Crippen LogP contribution in [0.1, 0.15) is 13.8 Å². The van der Waals surface area contributed by atoms with Crippen LogP contribution in [0.25, 0.3) is 0 Å². The summed E-state index contributed by atoms with van der Waals surface area (Å²) in [6.45, 7) is 7.73. The van der Waals surface area contributed by atoms with Crippen LogP contribution in [-0.2, 0) is 0 Å². The highest BCUT2D eigenvalue weighted by atomic mass is 15.1. The summed E-state index contributed by atoms with van der Waals surface area (Å²) in [5, 5.41) is 9.89. The van der Waals surface area contributed by atoms with Gasteiger partial charge < -0.3 is 5.32 Å². The van der Waals surface area contributed by atoms with Crippen LogP contribution in [0.15, 0.2) is 27.3 Å². The molecule has 0 aliphatic heterocycles. The number of allylic oxidation sites excluding steroid dienone is 1. The standard InChI is InChI=1S/C10H17N5/c1-9(2)10(14-7-11)15-8-13-6-4-5-12-3/h4-7,9H,3,8H2,1-2H3,(H2,11,14,15)/b5-4-,13-6-. The van der Waals surface area contributed by atoms with E-state index in [0.29, 0.717) is 6.67 Å². The van der Waals surface area contributed by atoms with Gasteiger partial charge in [0, 0.05) is 18.3 Å². The van der Waals surface area contributed by atoms with Crippen molar-refractivity contribution in [3.05, 3.63) is 12.3 Å². The van der Waals surface area contributed by atoms with E-state index in [1.54, 1.807) is 18.5 Å². The summed E-state index contributed by atoms with van der Waals surface area (Å²) in [5.74, 6) is 1.01. The van der Waals surface area contributed by atoms with Crippen LogP contribution < -0.4 is 5.32 Å². The third kappa shape index (κ3) is 7.30. The number of rotatable bonds is 6. The normalized spacial score (nSPS) is 12.6. The van der Waals surface area contributed by atoms with E-state index in [1.807, 2.05) is 13.8 Å². The fourth-order valence-corrected chi connectivity index (χ4v) is 0.808. The lowest BCUT2D eigenvalue weighted by Crippen LogP contribution is -2.28. The third-order valence-corrected chi connectivity index (χ3v) is 1.48. The average molecular weight is 207 g/mol. The Kier molecular flexibility index (Phi) is 7.76. The largest absolute Gasteiger partial charge is 0.354 e. The van der Waals surface area contributed by atoms with Crippen LogP contribution in [0.3, 0.4) is 0 Å². The monoisotopic (exact) mass is 207 g/mol. The minimum absolute atomic E-state index is 0.257. The van der Waals surface area contributed by atoms with Crippen LogP contribution in [0.2, 0.25) is 0 Å². The quantitative estimate of drug-likeness (QED) is 0.502. The minimum Gasteiger partial charge on any atom is -0.354 e. The Morgan fingerprint density at radius 3 is 2.80 bits per heavy atom. The van der Waals surface area contributed by atoms with Crippen molar-refractivity contribution in [3.8, 4) is 0 Å². The van der Waals surface area contributed by atoms with Crippen LogP contribution in [0.5, 0.6) is 0 Å². The number of aliphatic imine (C=N–C) groups is 3. The van der Waals surface area contributed by atoms with Gasteiger partial charge in [0.25, 0.3) is 0 Å². The summed E-state index contributed by atoms with van der Waals surface area (Å²) in [4.78, 5) is 11.5. The lowest BCUT2D eigenvalue weighted by molar-refractivity contribution is 0.799. The van der Waals surface area contributed by atoms with Gasteiger partial charge in [0.2, 0.25) is 0 Å². The Labute approximate surface area is 90.3 Å². The number of nitrogens with zero attached hydrogens (tertiary/aromatic N) is 3. The van der Waals surface area contributed by atoms with Gasteiger partial charge in [-0.2, -0.15) is 0 Å². The molecule has 0 aliphatic rings. The molecule has 0 unspecified atom stereocenters. The highest BCUT2D eigenvalue weighted by molar-refractivity contribution is 5.89. The Bertz CT molecular complexity index is 276. The molecule has 0 atom stereocenters. The van der Waals surface area contributed by atoms with Gasteiger partial charge in [-0.3, -0.25) is 15.4 Å². The lowest BCUT2D eigenvalue weighted by atomic mass is 10.2. The smallest absolute Gasteiger partial charge is 0.109 e. The van der Waals surface area contributed by atoms with Gasteiger partial charge in [0.1, 0.15) is 18.8 Å². The van der Waals surface area contributed by atoms with Crippen LogP contribution in [-0.4, -0.2) is 31.8 Å². The maximum absolute atomic E-state index is 6.88. The number of amidine groups is 1. The Morgan fingerprint density at radius 1 is 1.53 bits per heavy atom. The molecule has 82 valence electrons. The van der Waals surface area contributed by atoms with E-state index in [9.17, 15) is 0 Å². The zero-order valence-corrected chi connectivity index (χ0v) is 9.14. The van der Waals surface area contributed by atoms with Gasteiger partial charge in [-0.05, 0) is 12.8 Å². The summed E-state index contributed by atoms with van der Waals surface area (Å²) in [6, 6.07) is 0. The molecule has 0 aliphatic carbocycles. The van der Waals surface area contributed by atoms with E-state index in [4.69, 9.17) is 5.41 Å². The Morgan fingerprint density at radius 2 is 2.27 bits per heavy atom. The molecule has 5 heteroatoms. The molecule has 0 amide bonds. The van der Waals surface area contributed by atoms with E-state index in [0.717, 1.165) is 12.2 Å². The Hall–Kier alpha value is -1.78. The maximum atomic E-state index is 6.88. The number of hydrogen-bond donors (Lipinski definition) is 2. The van der Waals surface area contributed by atoms with E-state index in [1.165, 1.54) is 0 Å². The van der Waals surface area contributed by atoms with Crippen molar-refractivity contribution in [1.29, 1.82) is 5.41 Å². The first-order valence-corrected chi connectivity index (χ1v) is 4.63. The first-order chi connectivity index (χ1) is 7.22.